The standard InChI is InChI=1S/C11H10BrClN2O/c12-10-6-14(15(7-10)8-16)5-9-1-3-11(13)4-2-9/h1-4,6,8H,5,7H2. The van der Waals surface area contributed by atoms with Crippen molar-refractivity contribution in [1.29, 1.82) is 0 Å². The van der Waals surface area contributed by atoms with Crippen LogP contribution in [0.4, 0.5) is 0 Å². The first-order valence-corrected chi connectivity index (χ1v) is 5.95. The second-order valence-corrected chi connectivity index (χ2v) is 4.96. The van der Waals surface area contributed by atoms with Crippen molar-refractivity contribution in [2.24, 2.45) is 0 Å². The molecule has 0 fully saturated rings. The minimum absolute atomic E-state index is 0.594. The van der Waals surface area contributed by atoms with E-state index in [-0.39, 0.29) is 0 Å². The van der Waals surface area contributed by atoms with E-state index >= 15 is 0 Å². The number of hydrogen-bond acceptors (Lipinski definition) is 2. The molecule has 1 aliphatic heterocycles. The first kappa shape index (κ1) is 11.5. The van der Waals surface area contributed by atoms with Crippen molar-refractivity contribution in [3.8, 4) is 0 Å². The molecule has 3 nitrogen and oxygen atoms in total. The predicted octanol–water partition coefficient (Wildman–Crippen LogP) is 2.77. The molecular formula is C11H10BrClN2O. The van der Waals surface area contributed by atoms with Crippen molar-refractivity contribution >= 4 is 33.9 Å². The molecule has 1 heterocycles. The minimum Gasteiger partial charge on any atom is -0.285 e. The maximum atomic E-state index is 10.8. The number of hydrogen-bond donors (Lipinski definition) is 0. The summed E-state index contributed by atoms with van der Waals surface area (Å²) < 4.78 is 0.994. The van der Waals surface area contributed by atoms with Crippen LogP contribution in [0.1, 0.15) is 5.56 Å². The highest BCUT2D eigenvalue weighted by molar-refractivity contribution is 9.11. The highest BCUT2D eigenvalue weighted by Gasteiger charge is 2.18. The van der Waals surface area contributed by atoms with Gasteiger partial charge in [0, 0.05) is 15.7 Å². The van der Waals surface area contributed by atoms with E-state index in [4.69, 9.17) is 11.6 Å². The lowest BCUT2D eigenvalue weighted by atomic mass is 10.2. The van der Waals surface area contributed by atoms with Crippen LogP contribution in [0.2, 0.25) is 5.02 Å². The molecule has 0 spiro atoms. The van der Waals surface area contributed by atoms with E-state index in [0.717, 1.165) is 16.5 Å². The van der Waals surface area contributed by atoms with E-state index in [2.05, 4.69) is 15.9 Å². The Kier molecular flexibility index (Phi) is 3.51. The van der Waals surface area contributed by atoms with E-state index in [9.17, 15) is 4.79 Å². The van der Waals surface area contributed by atoms with Crippen molar-refractivity contribution in [3.05, 3.63) is 45.5 Å². The van der Waals surface area contributed by atoms with Crippen LogP contribution >= 0.6 is 27.5 Å². The first-order valence-electron chi connectivity index (χ1n) is 4.78. The summed E-state index contributed by atoms with van der Waals surface area (Å²) in [5.74, 6) is 0. The molecule has 0 aliphatic carbocycles. The Labute approximate surface area is 107 Å². The van der Waals surface area contributed by atoms with Crippen LogP contribution in [0, 0.1) is 0 Å². The predicted molar refractivity (Wildman–Crippen MR) is 66.8 cm³/mol. The fraction of sp³-hybridized carbons (Fsp3) is 0.182. The zero-order valence-corrected chi connectivity index (χ0v) is 10.8. The van der Waals surface area contributed by atoms with Gasteiger partial charge in [-0.3, -0.25) is 14.8 Å². The summed E-state index contributed by atoms with van der Waals surface area (Å²) in [7, 11) is 0. The van der Waals surface area contributed by atoms with E-state index in [1.807, 2.05) is 35.5 Å². The van der Waals surface area contributed by atoms with Crippen LogP contribution in [0.15, 0.2) is 34.9 Å². The van der Waals surface area contributed by atoms with Crippen molar-refractivity contribution in [3.63, 3.8) is 0 Å². The lowest BCUT2D eigenvalue weighted by molar-refractivity contribution is -0.128. The molecule has 1 aromatic carbocycles. The third kappa shape index (κ3) is 2.57. The lowest BCUT2D eigenvalue weighted by Crippen LogP contribution is -2.33. The van der Waals surface area contributed by atoms with Gasteiger partial charge in [0.25, 0.3) is 0 Å². The largest absolute Gasteiger partial charge is 0.285 e. The number of carbonyl (C=O) groups is 1. The maximum absolute atomic E-state index is 10.8. The van der Waals surface area contributed by atoms with E-state index in [0.29, 0.717) is 18.1 Å². The SMILES string of the molecule is O=CN1CC(Br)=CN1Cc1ccc(Cl)cc1. The first-order chi connectivity index (χ1) is 7.69. The van der Waals surface area contributed by atoms with E-state index in [1.54, 1.807) is 5.01 Å². The van der Waals surface area contributed by atoms with Gasteiger partial charge in [-0.05, 0) is 17.7 Å². The Hall–Kier alpha value is -1.00. The van der Waals surface area contributed by atoms with Gasteiger partial charge in [-0.25, -0.2) is 0 Å². The number of halogens is 2. The van der Waals surface area contributed by atoms with Crippen molar-refractivity contribution in [1.82, 2.24) is 10.0 Å². The molecule has 5 heteroatoms. The number of rotatable bonds is 3. The summed E-state index contributed by atoms with van der Waals surface area (Å²) in [6.45, 7) is 1.25. The number of carbonyl (C=O) groups excluding carboxylic acids is 1. The van der Waals surface area contributed by atoms with Gasteiger partial charge in [0.2, 0.25) is 6.41 Å². The number of benzene rings is 1. The van der Waals surface area contributed by atoms with Crippen LogP contribution in [0.5, 0.6) is 0 Å². The van der Waals surface area contributed by atoms with Gasteiger partial charge >= 0.3 is 0 Å². The third-order valence-electron chi connectivity index (χ3n) is 2.31. The van der Waals surface area contributed by atoms with Crippen LogP contribution in [-0.2, 0) is 11.3 Å². The van der Waals surface area contributed by atoms with Gasteiger partial charge in [-0.2, -0.15) is 0 Å². The highest BCUT2D eigenvalue weighted by atomic mass is 79.9. The molecule has 2 rings (SSSR count). The van der Waals surface area contributed by atoms with Gasteiger partial charge in [-0.1, -0.05) is 39.7 Å². The molecule has 1 aliphatic rings. The van der Waals surface area contributed by atoms with Crippen LogP contribution < -0.4 is 0 Å². The van der Waals surface area contributed by atoms with Crippen LogP contribution in [0.25, 0.3) is 0 Å². The van der Waals surface area contributed by atoms with Gasteiger partial charge in [0.05, 0.1) is 13.1 Å². The van der Waals surface area contributed by atoms with E-state index < -0.39 is 0 Å². The molecule has 1 amide bonds. The summed E-state index contributed by atoms with van der Waals surface area (Å²) in [4.78, 5) is 10.8. The molecular weight excluding hydrogens is 291 g/mol. The Morgan fingerprint density at radius 1 is 1.38 bits per heavy atom. The topological polar surface area (TPSA) is 23.6 Å². The van der Waals surface area contributed by atoms with Crippen LogP contribution in [-0.4, -0.2) is 23.0 Å². The molecule has 0 N–H and O–H groups in total. The molecule has 0 atom stereocenters. The molecule has 0 unspecified atom stereocenters. The second kappa shape index (κ2) is 4.89. The Balaban J connectivity index is 2.09. The van der Waals surface area contributed by atoms with Gasteiger partial charge in [0.15, 0.2) is 0 Å². The maximum Gasteiger partial charge on any atom is 0.228 e. The molecule has 0 aromatic heterocycles. The summed E-state index contributed by atoms with van der Waals surface area (Å²) in [6, 6.07) is 7.59. The average molecular weight is 302 g/mol. The van der Waals surface area contributed by atoms with Crippen molar-refractivity contribution < 1.29 is 4.79 Å². The number of hydrazine groups is 1. The molecule has 16 heavy (non-hydrogen) atoms. The Morgan fingerprint density at radius 2 is 2.06 bits per heavy atom. The molecule has 1 aromatic rings. The summed E-state index contributed by atoms with van der Waals surface area (Å²) in [5.41, 5.74) is 1.11. The zero-order valence-electron chi connectivity index (χ0n) is 8.44. The number of amides is 1. The molecule has 84 valence electrons. The Bertz CT molecular complexity index is 418. The van der Waals surface area contributed by atoms with Gasteiger partial charge < -0.3 is 0 Å². The molecule has 0 radical (unpaired) electrons. The zero-order chi connectivity index (χ0) is 11.5. The highest BCUT2D eigenvalue weighted by Crippen LogP contribution is 2.21. The molecule has 0 bridgehead atoms. The summed E-state index contributed by atoms with van der Waals surface area (Å²) in [5, 5.41) is 4.19. The smallest absolute Gasteiger partial charge is 0.228 e. The van der Waals surface area contributed by atoms with E-state index in [1.165, 1.54) is 0 Å². The lowest BCUT2D eigenvalue weighted by Gasteiger charge is -2.24. The summed E-state index contributed by atoms with van der Waals surface area (Å²) >= 11 is 9.19. The summed E-state index contributed by atoms with van der Waals surface area (Å²) in [6.07, 6.45) is 2.73. The minimum atomic E-state index is 0.594. The Morgan fingerprint density at radius 3 is 2.69 bits per heavy atom. The quantitative estimate of drug-likeness (QED) is 0.802. The second-order valence-electron chi connectivity index (χ2n) is 3.50. The van der Waals surface area contributed by atoms with Crippen LogP contribution in [0.3, 0.4) is 0 Å². The van der Waals surface area contributed by atoms with Gasteiger partial charge in [0.1, 0.15) is 0 Å². The molecule has 0 saturated heterocycles. The molecule has 0 saturated carbocycles. The fourth-order valence-corrected chi connectivity index (χ4v) is 2.15. The van der Waals surface area contributed by atoms with Crippen molar-refractivity contribution in [2.75, 3.05) is 6.54 Å². The normalized spacial score (nSPS) is 15.2. The van der Waals surface area contributed by atoms with Gasteiger partial charge in [-0.15, -0.1) is 0 Å². The third-order valence-corrected chi connectivity index (χ3v) is 3.02. The fourth-order valence-electron chi connectivity index (χ4n) is 1.53. The van der Waals surface area contributed by atoms with Crippen molar-refractivity contribution in [2.45, 2.75) is 6.54 Å². The average Bonchev–Trinajstić information content (AvgIpc) is 2.62. The monoisotopic (exact) mass is 300 g/mol. The number of nitrogens with zero attached hydrogens (tertiary/aromatic N) is 2.